The van der Waals surface area contributed by atoms with Crippen LogP contribution in [0.4, 0.5) is 0 Å². The highest BCUT2D eigenvalue weighted by Crippen LogP contribution is 1.92. The number of likely N-dealkylation sites (N-methyl/N-ethyl adjacent to an activating group) is 1. The van der Waals surface area contributed by atoms with Gasteiger partial charge in [-0.3, -0.25) is 0 Å². The molecule has 0 atom stereocenters. The Kier molecular flexibility index (Phi) is 8.07. The molecule has 0 aliphatic rings. The van der Waals surface area contributed by atoms with Crippen molar-refractivity contribution >= 4 is 12.6 Å². The highest BCUT2D eigenvalue weighted by molar-refractivity contribution is 7.80. The Balaban J connectivity index is 3.13. The van der Waals surface area contributed by atoms with E-state index in [1.807, 2.05) is 0 Å². The first kappa shape index (κ1) is 12.3. The molecule has 3 heteroatoms. The molecule has 0 fully saturated rings. The standard InChI is InChI=1S/C9H21NOS/c1-9(2)11-7-6-10(3)5-4-8-12/h9,12H,4-8H2,1-3H3. The number of hydrogen-bond donors (Lipinski definition) is 1. The van der Waals surface area contributed by atoms with Crippen LogP contribution in [0.3, 0.4) is 0 Å². The van der Waals surface area contributed by atoms with E-state index in [9.17, 15) is 0 Å². The smallest absolute Gasteiger partial charge is 0.0596 e. The molecule has 0 heterocycles. The lowest BCUT2D eigenvalue weighted by atomic mass is 10.4. The molecule has 0 radical (unpaired) electrons. The van der Waals surface area contributed by atoms with Gasteiger partial charge in [-0.1, -0.05) is 0 Å². The first-order valence-corrected chi connectivity index (χ1v) is 5.21. The summed E-state index contributed by atoms with van der Waals surface area (Å²) in [4.78, 5) is 2.28. The Morgan fingerprint density at radius 2 is 2.00 bits per heavy atom. The van der Waals surface area contributed by atoms with Crippen LogP contribution in [-0.4, -0.2) is 43.5 Å². The van der Waals surface area contributed by atoms with Gasteiger partial charge in [0.2, 0.25) is 0 Å². The van der Waals surface area contributed by atoms with Gasteiger partial charge in [0, 0.05) is 6.54 Å². The van der Waals surface area contributed by atoms with Crippen LogP contribution in [0.1, 0.15) is 20.3 Å². The van der Waals surface area contributed by atoms with Crippen LogP contribution < -0.4 is 0 Å². The molecule has 0 rings (SSSR count). The maximum Gasteiger partial charge on any atom is 0.0596 e. The van der Waals surface area contributed by atoms with Crippen LogP contribution in [0.25, 0.3) is 0 Å². The summed E-state index contributed by atoms with van der Waals surface area (Å²) in [7, 11) is 2.12. The van der Waals surface area contributed by atoms with Crippen LogP contribution in [0, 0.1) is 0 Å². The Morgan fingerprint density at radius 1 is 1.33 bits per heavy atom. The fraction of sp³-hybridized carbons (Fsp3) is 1.00. The van der Waals surface area contributed by atoms with Gasteiger partial charge in [-0.2, -0.15) is 12.6 Å². The van der Waals surface area contributed by atoms with Gasteiger partial charge < -0.3 is 9.64 Å². The largest absolute Gasteiger partial charge is 0.377 e. The van der Waals surface area contributed by atoms with Crippen molar-refractivity contribution in [3.8, 4) is 0 Å². The van der Waals surface area contributed by atoms with E-state index in [0.29, 0.717) is 6.10 Å². The Bertz CT molecular complexity index is 98.5. The van der Waals surface area contributed by atoms with Gasteiger partial charge in [-0.15, -0.1) is 0 Å². The molecular formula is C9H21NOS. The van der Waals surface area contributed by atoms with Crippen molar-refractivity contribution in [3.63, 3.8) is 0 Å². The third-order valence-electron chi connectivity index (χ3n) is 1.62. The summed E-state index contributed by atoms with van der Waals surface area (Å²) in [6.45, 7) is 7.10. The highest BCUT2D eigenvalue weighted by atomic mass is 32.1. The summed E-state index contributed by atoms with van der Waals surface area (Å²) in [5.74, 6) is 0.968. The molecule has 0 N–H and O–H groups in total. The average Bonchev–Trinajstić information content (AvgIpc) is 2.00. The van der Waals surface area contributed by atoms with E-state index < -0.39 is 0 Å². The quantitative estimate of drug-likeness (QED) is 0.615. The van der Waals surface area contributed by atoms with Gasteiger partial charge in [0.1, 0.15) is 0 Å². The zero-order valence-electron chi connectivity index (χ0n) is 8.42. The molecule has 0 aromatic rings. The number of hydrogen-bond acceptors (Lipinski definition) is 3. The zero-order valence-corrected chi connectivity index (χ0v) is 9.31. The predicted octanol–water partition coefficient (Wildman–Crippen LogP) is 1.66. The van der Waals surface area contributed by atoms with Crippen LogP contribution >= 0.6 is 12.6 Å². The molecule has 0 aromatic heterocycles. The van der Waals surface area contributed by atoms with Crippen LogP contribution in [-0.2, 0) is 4.74 Å². The lowest BCUT2D eigenvalue weighted by Gasteiger charge is -2.16. The van der Waals surface area contributed by atoms with Crippen molar-refractivity contribution in [2.24, 2.45) is 0 Å². The maximum atomic E-state index is 5.43. The van der Waals surface area contributed by atoms with Crippen molar-refractivity contribution in [1.82, 2.24) is 4.90 Å². The minimum absolute atomic E-state index is 0.350. The summed E-state index contributed by atoms with van der Waals surface area (Å²) < 4.78 is 5.43. The summed E-state index contributed by atoms with van der Waals surface area (Å²) in [6.07, 6.45) is 1.50. The summed E-state index contributed by atoms with van der Waals surface area (Å²) in [5, 5.41) is 0. The highest BCUT2D eigenvalue weighted by Gasteiger charge is 1.98. The Labute approximate surface area is 81.7 Å². The normalized spacial score (nSPS) is 11.5. The van der Waals surface area contributed by atoms with E-state index in [0.717, 1.165) is 31.9 Å². The summed E-state index contributed by atoms with van der Waals surface area (Å²) in [5.41, 5.74) is 0. The van der Waals surface area contributed by atoms with E-state index in [4.69, 9.17) is 4.74 Å². The Morgan fingerprint density at radius 3 is 2.50 bits per heavy atom. The maximum absolute atomic E-state index is 5.43. The average molecular weight is 191 g/mol. The van der Waals surface area contributed by atoms with Crippen molar-refractivity contribution < 1.29 is 4.74 Å². The number of thiol groups is 1. The third-order valence-corrected chi connectivity index (χ3v) is 1.94. The molecule has 0 bridgehead atoms. The zero-order chi connectivity index (χ0) is 9.40. The van der Waals surface area contributed by atoms with Gasteiger partial charge in [-0.05, 0) is 39.6 Å². The van der Waals surface area contributed by atoms with Gasteiger partial charge in [0.25, 0.3) is 0 Å². The van der Waals surface area contributed by atoms with E-state index in [1.165, 1.54) is 0 Å². The molecule has 0 saturated carbocycles. The minimum Gasteiger partial charge on any atom is -0.377 e. The summed E-state index contributed by atoms with van der Waals surface area (Å²) in [6, 6.07) is 0. The lowest BCUT2D eigenvalue weighted by Crippen LogP contribution is -2.25. The van der Waals surface area contributed by atoms with Crippen LogP contribution in [0.2, 0.25) is 0 Å². The van der Waals surface area contributed by atoms with E-state index in [-0.39, 0.29) is 0 Å². The number of nitrogens with zero attached hydrogens (tertiary/aromatic N) is 1. The van der Waals surface area contributed by atoms with Gasteiger partial charge >= 0.3 is 0 Å². The molecule has 0 amide bonds. The second-order valence-electron chi connectivity index (χ2n) is 3.30. The van der Waals surface area contributed by atoms with Crippen molar-refractivity contribution in [1.29, 1.82) is 0 Å². The van der Waals surface area contributed by atoms with Crippen LogP contribution in [0.5, 0.6) is 0 Å². The van der Waals surface area contributed by atoms with E-state index in [1.54, 1.807) is 0 Å². The third kappa shape index (κ3) is 8.37. The van der Waals surface area contributed by atoms with E-state index in [2.05, 4.69) is 38.4 Å². The number of rotatable bonds is 7. The second kappa shape index (κ2) is 7.90. The molecule has 0 aliphatic carbocycles. The molecule has 0 unspecified atom stereocenters. The predicted molar refractivity (Wildman–Crippen MR) is 57.1 cm³/mol. The molecule has 12 heavy (non-hydrogen) atoms. The molecule has 0 aromatic carbocycles. The van der Waals surface area contributed by atoms with Crippen molar-refractivity contribution in [2.75, 3.05) is 32.5 Å². The topological polar surface area (TPSA) is 12.5 Å². The molecule has 0 aliphatic heterocycles. The first-order valence-electron chi connectivity index (χ1n) is 4.57. The monoisotopic (exact) mass is 191 g/mol. The SMILES string of the molecule is CC(C)OCCN(C)CCCS. The lowest BCUT2D eigenvalue weighted by molar-refractivity contribution is 0.0639. The van der Waals surface area contributed by atoms with Gasteiger partial charge in [0.05, 0.1) is 12.7 Å². The van der Waals surface area contributed by atoms with Crippen molar-refractivity contribution in [2.45, 2.75) is 26.4 Å². The molecule has 2 nitrogen and oxygen atoms in total. The fourth-order valence-electron chi connectivity index (χ4n) is 0.897. The van der Waals surface area contributed by atoms with Crippen LogP contribution in [0.15, 0.2) is 0 Å². The van der Waals surface area contributed by atoms with Crippen molar-refractivity contribution in [3.05, 3.63) is 0 Å². The molecule has 0 spiro atoms. The minimum atomic E-state index is 0.350. The second-order valence-corrected chi connectivity index (χ2v) is 3.75. The fourth-order valence-corrected chi connectivity index (χ4v) is 1.04. The van der Waals surface area contributed by atoms with Gasteiger partial charge in [0.15, 0.2) is 0 Å². The number of ether oxygens (including phenoxy) is 1. The molecular weight excluding hydrogens is 170 g/mol. The molecule has 0 saturated heterocycles. The summed E-state index contributed by atoms with van der Waals surface area (Å²) >= 11 is 4.16. The Hall–Kier alpha value is 0.270. The first-order chi connectivity index (χ1) is 5.66. The molecule has 74 valence electrons. The van der Waals surface area contributed by atoms with Gasteiger partial charge in [-0.25, -0.2) is 0 Å². The van der Waals surface area contributed by atoms with E-state index >= 15 is 0 Å².